The molecule has 11 nitrogen and oxygen atoms in total. The van der Waals surface area contributed by atoms with E-state index in [1.54, 1.807) is 19.1 Å². The number of anilines is 2. The SMILES string of the molecule is COc1ccc(NS(=O)(=O)c2ccc(N/N=C(\C)c3nc4ccccc4[nH]3)c([N+](=O)[O-])c2)cc1. The van der Waals surface area contributed by atoms with E-state index in [2.05, 4.69) is 25.2 Å². The van der Waals surface area contributed by atoms with E-state index in [0.29, 0.717) is 17.3 Å². The fraction of sp³-hybridized carbons (Fsp3) is 0.0909. The first-order valence-electron chi connectivity index (χ1n) is 9.97. The van der Waals surface area contributed by atoms with E-state index < -0.39 is 20.6 Å². The highest BCUT2D eigenvalue weighted by Gasteiger charge is 2.22. The molecule has 174 valence electrons. The molecule has 0 radical (unpaired) electrons. The van der Waals surface area contributed by atoms with E-state index in [0.717, 1.165) is 17.1 Å². The number of fused-ring (bicyclic) bond motifs is 1. The Morgan fingerprint density at radius 1 is 1.12 bits per heavy atom. The Morgan fingerprint density at radius 3 is 2.53 bits per heavy atom. The molecule has 1 aromatic heterocycles. The van der Waals surface area contributed by atoms with Crippen LogP contribution in [-0.4, -0.2) is 36.1 Å². The van der Waals surface area contributed by atoms with Crippen LogP contribution < -0.4 is 14.9 Å². The van der Waals surface area contributed by atoms with Crippen molar-refractivity contribution < 1.29 is 18.1 Å². The van der Waals surface area contributed by atoms with Crippen LogP contribution in [0.3, 0.4) is 0 Å². The van der Waals surface area contributed by atoms with Crippen molar-refractivity contribution in [3.63, 3.8) is 0 Å². The normalized spacial score (nSPS) is 11.9. The fourth-order valence-electron chi connectivity index (χ4n) is 3.12. The van der Waals surface area contributed by atoms with Gasteiger partial charge in [-0.05, 0) is 55.5 Å². The van der Waals surface area contributed by atoms with Crippen LogP contribution in [0.1, 0.15) is 12.7 Å². The van der Waals surface area contributed by atoms with Gasteiger partial charge < -0.3 is 9.72 Å². The maximum atomic E-state index is 12.8. The Hall–Kier alpha value is -4.45. The molecule has 0 spiro atoms. The van der Waals surface area contributed by atoms with Gasteiger partial charge in [-0.25, -0.2) is 13.4 Å². The van der Waals surface area contributed by atoms with Gasteiger partial charge in [0.15, 0.2) is 5.82 Å². The van der Waals surface area contributed by atoms with Gasteiger partial charge in [0.05, 0.1) is 28.0 Å². The summed E-state index contributed by atoms with van der Waals surface area (Å²) in [5.41, 5.74) is 4.56. The van der Waals surface area contributed by atoms with Crippen molar-refractivity contribution in [2.45, 2.75) is 11.8 Å². The van der Waals surface area contributed by atoms with Crippen molar-refractivity contribution in [1.29, 1.82) is 0 Å². The lowest BCUT2D eigenvalue weighted by Gasteiger charge is -2.10. The molecule has 0 fully saturated rings. The van der Waals surface area contributed by atoms with Gasteiger partial charge in [0.1, 0.15) is 17.1 Å². The first-order valence-corrected chi connectivity index (χ1v) is 11.5. The van der Waals surface area contributed by atoms with Crippen molar-refractivity contribution in [2.75, 3.05) is 17.3 Å². The van der Waals surface area contributed by atoms with Gasteiger partial charge in [0.25, 0.3) is 15.7 Å². The summed E-state index contributed by atoms with van der Waals surface area (Å²) in [6, 6.07) is 17.2. The molecule has 12 heteroatoms. The summed E-state index contributed by atoms with van der Waals surface area (Å²) in [6.07, 6.45) is 0. The summed E-state index contributed by atoms with van der Waals surface area (Å²) < 4.78 is 32.9. The zero-order valence-corrected chi connectivity index (χ0v) is 19.0. The molecule has 0 bridgehead atoms. The monoisotopic (exact) mass is 480 g/mol. The number of hydrogen-bond acceptors (Lipinski definition) is 8. The van der Waals surface area contributed by atoms with Crippen LogP contribution in [0.2, 0.25) is 0 Å². The summed E-state index contributed by atoms with van der Waals surface area (Å²) in [5.74, 6) is 1.06. The average molecular weight is 481 g/mol. The van der Waals surface area contributed by atoms with E-state index in [1.807, 2.05) is 24.3 Å². The summed E-state index contributed by atoms with van der Waals surface area (Å²) in [5, 5.41) is 15.8. The zero-order chi connectivity index (χ0) is 24.3. The van der Waals surface area contributed by atoms with E-state index in [1.165, 1.54) is 31.4 Å². The molecule has 0 aliphatic rings. The van der Waals surface area contributed by atoms with Crippen LogP contribution in [0, 0.1) is 10.1 Å². The molecule has 0 amide bonds. The molecule has 0 atom stereocenters. The molecule has 1 heterocycles. The topological polar surface area (TPSA) is 152 Å². The molecule has 0 saturated carbocycles. The Labute approximate surface area is 194 Å². The standard InChI is InChI=1S/C22H20N6O5S/c1-14(22-23-18-5-3-4-6-19(18)24-22)25-26-20-12-11-17(13-21(20)28(29)30)34(31,32)27-15-7-9-16(33-2)10-8-15/h3-13,26-27H,1-2H3,(H,23,24)/b25-14+. The quantitative estimate of drug-likeness (QED) is 0.195. The highest BCUT2D eigenvalue weighted by Crippen LogP contribution is 2.29. The van der Waals surface area contributed by atoms with Crippen LogP contribution in [0.15, 0.2) is 76.7 Å². The third-order valence-electron chi connectivity index (χ3n) is 4.89. The number of ether oxygens (including phenoxy) is 1. The lowest BCUT2D eigenvalue weighted by molar-refractivity contribution is -0.384. The number of hydrazone groups is 1. The Morgan fingerprint density at radius 2 is 1.85 bits per heavy atom. The fourth-order valence-corrected chi connectivity index (χ4v) is 4.20. The Bertz CT molecular complexity index is 1460. The minimum Gasteiger partial charge on any atom is -0.497 e. The van der Waals surface area contributed by atoms with Gasteiger partial charge in [-0.1, -0.05) is 12.1 Å². The Kier molecular flexibility index (Phi) is 6.15. The highest BCUT2D eigenvalue weighted by atomic mass is 32.2. The molecule has 4 rings (SSSR count). The Balaban J connectivity index is 1.58. The van der Waals surface area contributed by atoms with Crippen molar-refractivity contribution in [3.8, 4) is 5.75 Å². The van der Waals surface area contributed by atoms with Crippen LogP contribution in [0.4, 0.5) is 17.1 Å². The number of H-pyrrole nitrogens is 1. The van der Waals surface area contributed by atoms with Crippen LogP contribution >= 0.6 is 0 Å². The molecule has 0 aliphatic carbocycles. The number of nitro groups is 1. The first kappa shape index (κ1) is 22.7. The molecule has 34 heavy (non-hydrogen) atoms. The first-order chi connectivity index (χ1) is 16.3. The predicted octanol–water partition coefficient (Wildman–Crippen LogP) is 4.12. The van der Waals surface area contributed by atoms with E-state index >= 15 is 0 Å². The number of aromatic nitrogens is 2. The number of aromatic amines is 1. The number of para-hydroxylation sites is 2. The second-order valence-electron chi connectivity index (χ2n) is 7.18. The number of benzene rings is 3. The molecule has 0 unspecified atom stereocenters. The molecular weight excluding hydrogens is 460 g/mol. The van der Waals surface area contributed by atoms with Crippen molar-refractivity contribution in [3.05, 3.63) is 82.7 Å². The van der Waals surface area contributed by atoms with Crippen molar-refractivity contribution in [1.82, 2.24) is 9.97 Å². The number of sulfonamides is 1. The second-order valence-corrected chi connectivity index (χ2v) is 8.86. The predicted molar refractivity (Wildman–Crippen MR) is 129 cm³/mol. The van der Waals surface area contributed by atoms with Gasteiger partial charge >= 0.3 is 0 Å². The van der Waals surface area contributed by atoms with E-state index in [4.69, 9.17) is 4.74 Å². The maximum absolute atomic E-state index is 12.8. The lowest BCUT2D eigenvalue weighted by atomic mass is 10.3. The number of nitrogens with one attached hydrogen (secondary N) is 3. The van der Waals surface area contributed by atoms with E-state index in [9.17, 15) is 18.5 Å². The smallest absolute Gasteiger partial charge is 0.295 e. The van der Waals surface area contributed by atoms with Gasteiger partial charge in [-0.15, -0.1) is 0 Å². The second kappa shape index (κ2) is 9.19. The number of rotatable bonds is 8. The van der Waals surface area contributed by atoms with E-state index in [-0.39, 0.29) is 16.3 Å². The van der Waals surface area contributed by atoms with Crippen LogP contribution in [-0.2, 0) is 10.0 Å². The maximum Gasteiger partial charge on any atom is 0.295 e. The van der Waals surface area contributed by atoms with Gasteiger partial charge in [0, 0.05) is 11.8 Å². The minimum absolute atomic E-state index is 0.0314. The lowest BCUT2D eigenvalue weighted by Crippen LogP contribution is -2.13. The summed E-state index contributed by atoms with van der Waals surface area (Å²) in [4.78, 5) is 18.2. The molecule has 0 saturated heterocycles. The van der Waals surface area contributed by atoms with Crippen molar-refractivity contribution >= 4 is 43.8 Å². The summed E-state index contributed by atoms with van der Waals surface area (Å²) in [7, 11) is -2.57. The average Bonchev–Trinajstić information content (AvgIpc) is 3.27. The molecule has 4 aromatic rings. The molecule has 0 aliphatic heterocycles. The van der Waals surface area contributed by atoms with Crippen molar-refractivity contribution in [2.24, 2.45) is 5.10 Å². The number of nitrogens with zero attached hydrogens (tertiary/aromatic N) is 3. The third-order valence-corrected chi connectivity index (χ3v) is 6.27. The summed E-state index contributed by atoms with van der Waals surface area (Å²) in [6.45, 7) is 1.69. The molecule has 3 aromatic carbocycles. The minimum atomic E-state index is -4.07. The largest absolute Gasteiger partial charge is 0.497 e. The van der Waals surface area contributed by atoms with Gasteiger partial charge in [0.2, 0.25) is 0 Å². The van der Waals surface area contributed by atoms with Gasteiger partial charge in [-0.3, -0.25) is 20.3 Å². The van der Waals surface area contributed by atoms with Gasteiger partial charge in [-0.2, -0.15) is 5.10 Å². The third kappa shape index (κ3) is 4.81. The molecular formula is C22H20N6O5S. The highest BCUT2D eigenvalue weighted by molar-refractivity contribution is 7.92. The number of methoxy groups -OCH3 is 1. The number of nitro benzene ring substituents is 1. The van der Waals surface area contributed by atoms with Crippen LogP contribution in [0.5, 0.6) is 5.75 Å². The number of hydrogen-bond donors (Lipinski definition) is 3. The summed E-state index contributed by atoms with van der Waals surface area (Å²) >= 11 is 0. The molecule has 3 N–H and O–H groups in total. The number of imidazole rings is 1. The zero-order valence-electron chi connectivity index (χ0n) is 18.1. The van der Waals surface area contributed by atoms with Crippen LogP contribution in [0.25, 0.3) is 11.0 Å².